The molecular weight excluding hydrogens is 260 g/mol. The summed E-state index contributed by atoms with van der Waals surface area (Å²) in [6.07, 6.45) is 3.52. The van der Waals surface area contributed by atoms with Gasteiger partial charge in [-0.25, -0.2) is 4.79 Å². The molecule has 0 unspecified atom stereocenters. The van der Waals surface area contributed by atoms with Crippen LogP contribution in [0.5, 0.6) is 0 Å². The molecule has 0 saturated carbocycles. The molecular formula is C14H24N2O4. The SMILES string of the molecule is O=C(O)CC1CCN(C(=O)N2CCC(CO)CC2)CC1. The van der Waals surface area contributed by atoms with E-state index in [1.807, 2.05) is 9.80 Å². The third-order valence-corrected chi connectivity index (χ3v) is 4.49. The van der Waals surface area contributed by atoms with Crippen LogP contribution in [0.15, 0.2) is 0 Å². The van der Waals surface area contributed by atoms with Gasteiger partial charge in [-0.3, -0.25) is 4.79 Å². The fourth-order valence-corrected chi connectivity index (χ4v) is 3.08. The predicted octanol–water partition coefficient (Wildman–Crippen LogP) is 0.997. The van der Waals surface area contributed by atoms with Crippen LogP contribution in [-0.2, 0) is 4.79 Å². The molecule has 2 aliphatic heterocycles. The molecule has 0 aliphatic carbocycles. The summed E-state index contributed by atoms with van der Waals surface area (Å²) in [4.78, 5) is 26.7. The number of aliphatic hydroxyl groups is 1. The number of nitrogens with zero attached hydrogens (tertiary/aromatic N) is 2. The Kier molecular flexibility index (Phi) is 5.23. The van der Waals surface area contributed by atoms with Crippen LogP contribution >= 0.6 is 0 Å². The number of urea groups is 1. The number of piperidine rings is 2. The minimum atomic E-state index is -0.749. The first-order valence-corrected chi connectivity index (χ1v) is 7.46. The smallest absolute Gasteiger partial charge is 0.319 e. The molecule has 2 rings (SSSR count). The molecule has 0 spiro atoms. The van der Waals surface area contributed by atoms with E-state index in [0.717, 1.165) is 38.8 Å². The van der Waals surface area contributed by atoms with Gasteiger partial charge in [0.15, 0.2) is 0 Å². The Morgan fingerprint density at radius 2 is 1.35 bits per heavy atom. The number of hydrogen-bond acceptors (Lipinski definition) is 3. The standard InChI is InChI=1S/C14H24N2O4/c17-10-12-3-7-16(8-4-12)14(20)15-5-1-11(2-6-15)9-13(18)19/h11-12,17H,1-10H2,(H,18,19). The summed E-state index contributed by atoms with van der Waals surface area (Å²) in [6.45, 7) is 2.98. The molecule has 0 aromatic rings. The number of carbonyl (C=O) groups excluding carboxylic acids is 1. The van der Waals surface area contributed by atoms with E-state index in [1.165, 1.54) is 0 Å². The van der Waals surface area contributed by atoms with Crippen molar-refractivity contribution in [3.63, 3.8) is 0 Å². The van der Waals surface area contributed by atoms with E-state index >= 15 is 0 Å². The first kappa shape index (κ1) is 15.1. The lowest BCUT2D eigenvalue weighted by Gasteiger charge is -2.38. The predicted molar refractivity (Wildman–Crippen MR) is 73.3 cm³/mol. The van der Waals surface area contributed by atoms with Crippen molar-refractivity contribution in [1.82, 2.24) is 9.80 Å². The number of aliphatic hydroxyl groups excluding tert-OH is 1. The summed E-state index contributed by atoms with van der Waals surface area (Å²) in [7, 11) is 0. The van der Waals surface area contributed by atoms with Gasteiger partial charge in [0.2, 0.25) is 0 Å². The van der Waals surface area contributed by atoms with Gasteiger partial charge in [-0.2, -0.15) is 0 Å². The monoisotopic (exact) mass is 284 g/mol. The van der Waals surface area contributed by atoms with E-state index < -0.39 is 5.97 Å². The van der Waals surface area contributed by atoms with E-state index in [9.17, 15) is 9.59 Å². The van der Waals surface area contributed by atoms with E-state index in [4.69, 9.17) is 10.2 Å². The van der Waals surface area contributed by atoms with Crippen LogP contribution < -0.4 is 0 Å². The first-order chi connectivity index (χ1) is 9.60. The molecule has 0 atom stereocenters. The average Bonchev–Trinajstić information content (AvgIpc) is 2.47. The second kappa shape index (κ2) is 6.92. The number of aliphatic carboxylic acids is 1. The van der Waals surface area contributed by atoms with Crippen molar-refractivity contribution in [1.29, 1.82) is 0 Å². The Morgan fingerprint density at radius 1 is 0.900 bits per heavy atom. The van der Waals surface area contributed by atoms with Crippen LogP contribution in [0.1, 0.15) is 32.1 Å². The number of carboxylic acid groups (broad SMARTS) is 1. The zero-order chi connectivity index (χ0) is 14.5. The summed E-state index contributed by atoms with van der Waals surface area (Å²) in [5, 5.41) is 17.9. The largest absolute Gasteiger partial charge is 0.481 e. The summed E-state index contributed by atoms with van der Waals surface area (Å²) >= 11 is 0. The molecule has 0 bridgehead atoms. The molecule has 6 nitrogen and oxygen atoms in total. The lowest BCUT2D eigenvalue weighted by molar-refractivity contribution is -0.138. The maximum Gasteiger partial charge on any atom is 0.319 e. The molecule has 2 amide bonds. The van der Waals surface area contributed by atoms with Crippen molar-refractivity contribution in [3.8, 4) is 0 Å². The quantitative estimate of drug-likeness (QED) is 0.810. The number of hydrogen-bond donors (Lipinski definition) is 2. The Bertz CT molecular complexity index is 345. The summed E-state index contributed by atoms with van der Waals surface area (Å²) < 4.78 is 0. The zero-order valence-corrected chi connectivity index (χ0v) is 11.8. The van der Waals surface area contributed by atoms with Crippen molar-refractivity contribution in [2.24, 2.45) is 11.8 Å². The van der Waals surface area contributed by atoms with Gasteiger partial charge in [0.1, 0.15) is 0 Å². The number of rotatable bonds is 3. The third kappa shape index (κ3) is 3.85. The molecule has 0 radical (unpaired) electrons. The van der Waals surface area contributed by atoms with Crippen LogP contribution in [0, 0.1) is 11.8 Å². The minimum absolute atomic E-state index is 0.0789. The Morgan fingerprint density at radius 3 is 1.75 bits per heavy atom. The Labute approximate surface area is 119 Å². The highest BCUT2D eigenvalue weighted by Gasteiger charge is 2.29. The highest BCUT2D eigenvalue weighted by Crippen LogP contribution is 2.23. The highest BCUT2D eigenvalue weighted by atomic mass is 16.4. The van der Waals surface area contributed by atoms with Crippen LogP contribution in [-0.4, -0.2) is 64.8 Å². The van der Waals surface area contributed by atoms with Gasteiger partial charge in [0, 0.05) is 39.2 Å². The molecule has 6 heteroatoms. The van der Waals surface area contributed by atoms with Crippen molar-refractivity contribution < 1.29 is 19.8 Å². The second-order valence-electron chi connectivity index (χ2n) is 5.92. The Hall–Kier alpha value is -1.30. The van der Waals surface area contributed by atoms with E-state index in [0.29, 0.717) is 19.0 Å². The minimum Gasteiger partial charge on any atom is -0.481 e. The number of carbonyl (C=O) groups is 2. The van der Waals surface area contributed by atoms with E-state index in [-0.39, 0.29) is 25.0 Å². The van der Waals surface area contributed by atoms with E-state index in [2.05, 4.69) is 0 Å². The summed E-state index contributed by atoms with van der Waals surface area (Å²) in [6, 6.07) is 0.0789. The van der Waals surface area contributed by atoms with Gasteiger partial charge < -0.3 is 20.0 Å². The highest BCUT2D eigenvalue weighted by molar-refractivity contribution is 5.74. The lowest BCUT2D eigenvalue weighted by atomic mass is 9.93. The van der Waals surface area contributed by atoms with Crippen molar-refractivity contribution >= 4 is 12.0 Å². The molecule has 2 aliphatic rings. The number of amides is 2. The van der Waals surface area contributed by atoms with Crippen molar-refractivity contribution in [2.45, 2.75) is 32.1 Å². The number of likely N-dealkylation sites (tertiary alicyclic amines) is 2. The van der Waals surface area contributed by atoms with Crippen LogP contribution in [0.25, 0.3) is 0 Å². The summed E-state index contributed by atoms with van der Waals surface area (Å²) in [5.74, 6) is -0.210. The fourth-order valence-electron chi connectivity index (χ4n) is 3.08. The van der Waals surface area contributed by atoms with Gasteiger partial charge >= 0.3 is 12.0 Å². The molecule has 20 heavy (non-hydrogen) atoms. The third-order valence-electron chi connectivity index (χ3n) is 4.49. The average molecular weight is 284 g/mol. The van der Waals surface area contributed by atoms with Gasteiger partial charge in [-0.05, 0) is 37.5 Å². The van der Waals surface area contributed by atoms with Crippen molar-refractivity contribution in [2.75, 3.05) is 32.8 Å². The molecule has 114 valence electrons. The van der Waals surface area contributed by atoms with Gasteiger partial charge in [0.05, 0.1) is 0 Å². The van der Waals surface area contributed by atoms with E-state index in [1.54, 1.807) is 0 Å². The molecule has 2 N–H and O–H groups in total. The maximum atomic E-state index is 12.4. The van der Waals surface area contributed by atoms with Crippen LogP contribution in [0.3, 0.4) is 0 Å². The molecule has 2 saturated heterocycles. The molecule has 0 aromatic carbocycles. The molecule has 2 heterocycles. The first-order valence-electron chi connectivity index (χ1n) is 7.46. The fraction of sp³-hybridized carbons (Fsp3) is 0.857. The van der Waals surface area contributed by atoms with Crippen LogP contribution in [0.4, 0.5) is 4.79 Å². The lowest BCUT2D eigenvalue weighted by Crippen LogP contribution is -2.49. The topological polar surface area (TPSA) is 81.1 Å². The normalized spacial score (nSPS) is 22.1. The number of carboxylic acids is 1. The molecule has 2 fully saturated rings. The van der Waals surface area contributed by atoms with Gasteiger partial charge in [-0.1, -0.05) is 0 Å². The van der Waals surface area contributed by atoms with Crippen molar-refractivity contribution in [3.05, 3.63) is 0 Å². The van der Waals surface area contributed by atoms with Gasteiger partial charge in [0.25, 0.3) is 0 Å². The summed E-state index contributed by atoms with van der Waals surface area (Å²) in [5.41, 5.74) is 0. The zero-order valence-electron chi connectivity index (χ0n) is 11.8. The maximum absolute atomic E-state index is 12.4. The Balaban J connectivity index is 1.76. The second-order valence-corrected chi connectivity index (χ2v) is 5.92. The molecule has 0 aromatic heterocycles. The van der Waals surface area contributed by atoms with Crippen LogP contribution in [0.2, 0.25) is 0 Å². The van der Waals surface area contributed by atoms with Gasteiger partial charge in [-0.15, -0.1) is 0 Å².